The number of carbonyl (C=O) groups is 2. The molecule has 0 aliphatic heterocycles. The summed E-state index contributed by atoms with van der Waals surface area (Å²) in [4.78, 5) is 26.9. The first-order valence-electron chi connectivity index (χ1n) is 5.77. The van der Waals surface area contributed by atoms with Gasteiger partial charge in [0.2, 0.25) is 11.7 Å². The molecule has 0 aliphatic carbocycles. The van der Waals surface area contributed by atoms with Crippen molar-refractivity contribution in [2.45, 2.75) is 13.5 Å². The summed E-state index contributed by atoms with van der Waals surface area (Å²) in [5.41, 5.74) is 5.98. The number of hydrogen-bond acceptors (Lipinski definition) is 4. The average Bonchev–Trinajstić information content (AvgIpc) is 2.78. The highest BCUT2D eigenvalue weighted by Crippen LogP contribution is 2.11. The molecular weight excluding hydrogens is 282 g/mol. The molecule has 1 aromatic carbocycles. The molecule has 0 aliphatic rings. The maximum Gasteiger partial charge on any atom is 0.286 e. The monoisotopic (exact) mass is 293 g/mol. The third-order valence-corrected chi connectivity index (χ3v) is 2.82. The highest BCUT2D eigenvalue weighted by molar-refractivity contribution is 6.30. The highest BCUT2D eigenvalue weighted by atomic mass is 35.5. The molecule has 6 nitrogen and oxygen atoms in total. The van der Waals surface area contributed by atoms with Gasteiger partial charge in [-0.1, -0.05) is 11.6 Å². The van der Waals surface area contributed by atoms with Crippen molar-refractivity contribution in [1.29, 1.82) is 0 Å². The molecule has 2 amide bonds. The lowest BCUT2D eigenvalue weighted by molar-refractivity contribution is 0.0947. The summed E-state index contributed by atoms with van der Waals surface area (Å²) >= 11 is 5.74. The fourth-order valence-electron chi connectivity index (χ4n) is 1.62. The number of rotatable bonds is 4. The molecule has 0 radical (unpaired) electrons. The van der Waals surface area contributed by atoms with Gasteiger partial charge < -0.3 is 15.5 Å². The molecule has 3 N–H and O–H groups in total. The zero-order valence-electron chi connectivity index (χ0n) is 10.6. The summed E-state index contributed by atoms with van der Waals surface area (Å²) in [5, 5.41) is 3.18. The molecule has 0 saturated carbocycles. The van der Waals surface area contributed by atoms with Crippen LogP contribution in [-0.2, 0) is 6.54 Å². The van der Waals surface area contributed by atoms with Gasteiger partial charge in [-0.15, -0.1) is 0 Å². The van der Waals surface area contributed by atoms with Crippen LogP contribution in [-0.4, -0.2) is 16.8 Å². The predicted molar refractivity (Wildman–Crippen MR) is 72.4 cm³/mol. The first-order chi connectivity index (χ1) is 9.47. The van der Waals surface area contributed by atoms with E-state index in [4.69, 9.17) is 21.8 Å². The van der Waals surface area contributed by atoms with Crippen LogP contribution in [0.1, 0.15) is 32.5 Å². The number of primary amides is 1. The van der Waals surface area contributed by atoms with Crippen molar-refractivity contribution < 1.29 is 14.0 Å². The van der Waals surface area contributed by atoms with E-state index in [9.17, 15) is 9.59 Å². The van der Waals surface area contributed by atoms with Crippen LogP contribution in [0.5, 0.6) is 0 Å². The number of nitrogens with two attached hydrogens (primary N) is 1. The third-order valence-electron chi connectivity index (χ3n) is 2.57. The second-order valence-electron chi connectivity index (χ2n) is 4.08. The lowest BCUT2D eigenvalue weighted by Crippen LogP contribution is -2.22. The molecule has 0 saturated heterocycles. The zero-order chi connectivity index (χ0) is 14.7. The Bertz CT molecular complexity index is 649. The number of oxazole rings is 1. The normalized spacial score (nSPS) is 10.3. The Kier molecular flexibility index (Phi) is 4.05. The molecule has 2 rings (SSSR count). The predicted octanol–water partition coefficient (Wildman–Crippen LogP) is 1.67. The van der Waals surface area contributed by atoms with Crippen LogP contribution in [0.3, 0.4) is 0 Å². The molecule has 2 aromatic rings. The maximum absolute atomic E-state index is 11.8. The van der Waals surface area contributed by atoms with Gasteiger partial charge >= 0.3 is 0 Å². The molecule has 0 spiro atoms. The minimum atomic E-state index is -0.690. The third kappa shape index (κ3) is 3.16. The van der Waals surface area contributed by atoms with Gasteiger partial charge in [-0.3, -0.25) is 9.59 Å². The summed E-state index contributed by atoms with van der Waals surface area (Å²) in [6.07, 6.45) is 0. The molecule has 0 bridgehead atoms. The molecule has 104 valence electrons. The van der Waals surface area contributed by atoms with Crippen LogP contribution < -0.4 is 11.1 Å². The van der Waals surface area contributed by atoms with E-state index in [0.29, 0.717) is 16.3 Å². The van der Waals surface area contributed by atoms with Gasteiger partial charge in [0.1, 0.15) is 0 Å². The van der Waals surface area contributed by atoms with Gasteiger partial charge in [-0.05, 0) is 31.2 Å². The molecule has 7 heteroatoms. The summed E-state index contributed by atoms with van der Waals surface area (Å²) in [5.74, 6) is -0.761. The lowest BCUT2D eigenvalue weighted by atomic mass is 10.2. The number of carbonyl (C=O) groups excluding carboxylic acids is 2. The highest BCUT2D eigenvalue weighted by Gasteiger charge is 2.15. The van der Waals surface area contributed by atoms with Gasteiger partial charge in [0.05, 0.1) is 12.2 Å². The van der Waals surface area contributed by atoms with E-state index in [1.54, 1.807) is 31.2 Å². The van der Waals surface area contributed by atoms with Crippen LogP contribution in [0.2, 0.25) is 5.02 Å². The Morgan fingerprint density at radius 2 is 2.00 bits per heavy atom. The number of aryl methyl sites for hydroxylation is 1. The Morgan fingerprint density at radius 3 is 2.55 bits per heavy atom. The minimum absolute atomic E-state index is 0.000687. The van der Waals surface area contributed by atoms with Gasteiger partial charge in [-0.25, -0.2) is 4.98 Å². The van der Waals surface area contributed by atoms with E-state index in [1.807, 2.05) is 0 Å². The number of hydrogen-bond donors (Lipinski definition) is 2. The zero-order valence-corrected chi connectivity index (χ0v) is 11.4. The molecule has 0 fully saturated rings. The van der Waals surface area contributed by atoms with Crippen LogP contribution in [0.25, 0.3) is 0 Å². The summed E-state index contributed by atoms with van der Waals surface area (Å²) in [6, 6.07) is 6.45. The smallest absolute Gasteiger partial charge is 0.286 e. The largest absolute Gasteiger partial charge is 0.433 e. The fraction of sp³-hybridized carbons (Fsp3) is 0.154. The summed E-state index contributed by atoms with van der Waals surface area (Å²) in [6.45, 7) is 1.67. The SMILES string of the molecule is Cc1nc(CNC(=O)c2ccc(Cl)cc2)oc1C(N)=O. The Hall–Kier alpha value is -2.34. The van der Waals surface area contributed by atoms with Crippen molar-refractivity contribution in [3.8, 4) is 0 Å². The number of nitrogens with zero attached hydrogens (tertiary/aromatic N) is 1. The van der Waals surface area contributed by atoms with Crippen LogP contribution in [0.4, 0.5) is 0 Å². The molecule has 1 heterocycles. The van der Waals surface area contributed by atoms with Gasteiger partial charge in [0.15, 0.2) is 0 Å². The lowest BCUT2D eigenvalue weighted by Gasteiger charge is -2.02. The Balaban J connectivity index is 2.01. The fourth-order valence-corrected chi connectivity index (χ4v) is 1.74. The van der Waals surface area contributed by atoms with Crippen LogP contribution >= 0.6 is 11.6 Å². The van der Waals surface area contributed by atoms with Gasteiger partial charge in [0.25, 0.3) is 11.8 Å². The molecule has 1 aromatic heterocycles. The number of benzene rings is 1. The maximum atomic E-state index is 11.8. The standard InChI is InChI=1S/C13H12ClN3O3/c1-7-11(12(15)18)20-10(17-7)6-16-13(19)8-2-4-9(14)5-3-8/h2-5H,6H2,1H3,(H2,15,18)(H,16,19). The molecule has 20 heavy (non-hydrogen) atoms. The number of nitrogens with one attached hydrogen (secondary N) is 1. The van der Waals surface area contributed by atoms with E-state index < -0.39 is 5.91 Å². The van der Waals surface area contributed by atoms with Crippen molar-refractivity contribution in [2.24, 2.45) is 5.73 Å². The van der Waals surface area contributed by atoms with E-state index in [0.717, 1.165) is 0 Å². The second kappa shape index (κ2) is 5.75. The molecule has 0 atom stereocenters. The quantitative estimate of drug-likeness (QED) is 0.895. The summed E-state index contributed by atoms with van der Waals surface area (Å²) in [7, 11) is 0. The number of amides is 2. The number of halogens is 1. The van der Waals surface area contributed by atoms with Crippen molar-refractivity contribution in [3.05, 3.63) is 52.2 Å². The first kappa shape index (κ1) is 14.1. The van der Waals surface area contributed by atoms with Crippen molar-refractivity contribution in [1.82, 2.24) is 10.3 Å². The molecule has 0 unspecified atom stereocenters. The Morgan fingerprint density at radius 1 is 1.35 bits per heavy atom. The van der Waals surface area contributed by atoms with Crippen LogP contribution in [0, 0.1) is 6.92 Å². The second-order valence-corrected chi connectivity index (χ2v) is 4.51. The van der Waals surface area contributed by atoms with E-state index in [-0.39, 0.29) is 24.1 Å². The molecular formula is C13H12ClN3O3. The van der Waals surface area contributed by atoms with Crippen LogP contribution in [0.15, 0.2) is 28.7 Å². The van der Waals surface area contributed by atoms with Crippen molar-refractivity contribution in [3.63, 3.8) is 0 Å². The number of aromatic nitrogens is 1. The van der Waals surface area contributed by atoms with E-state index in [2.05, 4.69) is 10.3 Å². The summed E-state index contributed by atoms with van der Waals surface area (Å²) < 4.78 is 5.16. The van der Waals surface area contributed by atoms with Crippen molar-refractivity contribution >= 4 is 23.4 Å². The van der Waals surface area contributed by atoms with E-state index in [1.165, 1.54) is 0 Å². The van der Waals surface area contributed by atoms with Crippen molar-refractivity contribution in [2.75, 3.05) is 0 Å². The average molecular weight is 294 g/mol. The topological polar surface area (TPSA) is 98.2 Å². The first-order valence-corrected chi connectivity index (χ1v) is 6.15. The Labute approximate surface area is 119 Å². The van der Waals surface area contributed by atoms with Gasteiger partial charge in [-0.2, -0.15) is 0 Å². The van der Waals surface area contributed by atoms with Gasteiger partial charge in [0, 0.05) is 10.6 Å². The van der Waals surface area contributed by atoms with E-state index >= 15 is 0 Å². The minimum Gasteiger partial charge on any atom is -0.433 e.